The molecule has 2 N–H and O–H groups in total. The smallest absolute Gasteiger partial charge is 0.189 e. The van der Waals surface area contributed by atoms with Gasteiger partial charge >= 0.3 is 0 Å². The zero-order chi connectivity index (χ0) is 9.26. The molecule has 0 fully saturated rings. The van der Waals surface area contributed by atoms with E-state index < -0.39 is 0 Å². The molecule has 13 heavy (non-hydrogen) atoms. The van der Waals surface area contributed by atoms with Crippen molar-refractivity contribution in [3.8, 4) is 5.75 Å². The molecule has 1 aliphatic rings. The van der Waals surface area contributed by atoms with E-state index in [9.17, 15) is 4.39 Å². The Labute approximate surface area is 75.3 Å². The fraction of sp³-hybridized carbons (Fsp3) is 0.333. The lowest BCUT2D eigenvalue weighted by Crippen LogP contribution is -2.15. The number of fused-ring (bicyclic) bond motifs is 1. The third kappa shape index (κ3) is 1.38. The van der Waals surface area contributed by atoms with Gasteiger partial charge in [-0.1, -0.05) is 6.07 Å². The first-order valence-electron chi connectivity index (χ1n) is 4.04. The van der Waals surface area contributed by atoms with Gasteiger partial charge in [0, 0.05) is 17.7 Å². The summed E-state index contributed by atoms with van der Waals surface area (Å²) in [6, 6.07) is 3.04. The Hall–Kier alpha value is -1.13. The number of hydrogen-bond donors (Lipinski definition) is 1. The van der Waals surface area contributed by atoms with Crippen LogP contribution in [-0.4, -0.2) is 6.79 Å². The maximum atomic E-state index is 13.2. The van der Waals surface area contributed by atoms with Crippen molar-refractivity contribution in [2.45, 2.75) is 13.2 Å². The summed E-state index contributed by atoms with van der Waals surface area (Å²) >= 11 is 0. The molecule has 0 aliphatic carbocycles. The molecule has 0 aromatic heterocycles. The van der Waals surface area contributed by atoms with E-state index in [1.54, 1.807) is 6.07 Å². The van der Waals surface area contributed by atoms with Crippen molar-refractivity contribution in [1.29, 1.82) is 0 Å². The van der Waals surface area contributed by atoms with Gasteiger partial charge in [-0.3, -0.25) is 0 Å². The monoisotopic (exact) mass is 183 g/mol. The molecule has 4 heteroatoms. The Morgan fingerprint density at radius 3 is 3.08 bits per heavy atom. The van der Waals surface area contributed by atoms with Gasteiger partial charge in [0.1, 0.15) is 11.6 Å². The van der Waals surface area contributed by atoms with E-state index in [1.807, 2.05) is 0 Å². The highest BCUT2D eigenvalue weighted by atomic mass is 19.1. The summed E-state index contributed by atoms with van der Waals surface area (Å²) in [6.07, 6.45) is 0. The average Bonchev–Trinajstić information content (AvgIpc) is 2.18. The van der Waals surface area contributed by atoms with Crippen molar-refractivity contribution in [2.24, 2.45) is 5.73 Å². The predicted molar refractivity (Wildman–Crippen MR) is 44.6 cm³/mol. The predicted octanol–water partition coefficient (Wildman–Crippen LogP) is 1.15. The third-order valence-corrected chi connectivity index (χ3v) is 2.03. The number of benzene rings is 1. The Morgan fingerprint density at radius 2 is 2.31 bits per heavy atom. The highest BCUT2D eigenvalue weighted by Crippen LogP contribution is 2.29. The molecule has 70 valence electrons. The Balaban J connectivity index is 2.52. The fourth-order valence-corrected chi connectivity index (χ4v) is 1.39. The second-order valence-corrected chi connectivity index (χ2v) is 2.83. The lowest BCUT2D eigenvalue weighted by Gasteiger charge is -2.20. The lowest BCUT2D eigenvalue weighted by atomic mass is 10.1. The second kappa shape index (κ2) is 3.32. The second-order valence-electron chi connectivity index (χ2n) is 2.83. The zero-order valence-corrected chi connectivity index (χ0v) is 7.05. The van der Waals surface area contributed by atoms with Gasteiger partial charge < -0.3 is 15.2 Å². The summed E-state index contributed by atoms with van der Waals surface area (Å²) in [5.41, 5.74) is 6.70. The van der Waals surface area contributed by atoms with Crippen molar-refractivity contribution in [1.82, 2.24) is 0 Å². The number of hydrogen-bond acceptors (Lipinski definition) is 3. The van der Waals surface area contributed by atoms with E-state index in [0.29, 0.717) is 17.9 Å². The van der Waals surface area contributed by atoms with Crippen LogP contribution in [0.1, 0.15) is 11.1 Å². The van der Waals surface area contributed by atoms with Crippen LogP contribution in [0.3, 0.4) is 0 Å². The molecule has 3 nitrogen and oxygen atoms in total. The van der Waals surface area contributed by atoms with Crippen molar-refractivity contribution >= 4 is 0 Å². The maximum Gasteiger partial charge on any atom is 0.189 e. The molecule has 0 amide bonds. The van der Waals surface area contributed by atoms with Crippen LogP contribution in [0.5, 0.6) is 5.75 Å². The molecular weight excluding hydrogens is 173 g/mol. The molecule has 2 rings (SSSR count). The van der Waals surface area contributed by atoms with Gasteiger partial charge in [0.25, 0.3) is 0 Å². The number of halogens is 1. The largest absolute Gasteiger partial charge is 0.467 e. The van der Waals surface area contributed by atoms with Gasteiger partial charge in [-0.2, -0.15) is 0 Å². The number of ether oxygens (including phenoxy) is 2. The fourth-order valence-electron chi connectivity index (χ4n) is 1.39. The van der Waals surface area contributed by atoms with Crippen LogP contribution >= 0.6 is 0 Å². The highest BCUT2D eigenvalue weighted by Gasteiger charge is 2.17. The summed E-state index contributed by atoms with van der Waals surface area (Å²) in [6.45, 7) is 0.779. The van der Waals surface area contributed by atoms with Crippen LogP contribution in [0.15, 0.2) is 12.1 Å². The van der Waals surface area contributed by atoms with E-state index in [4.69, 9.17) is 15.2 Å². The van der Waals surface area contributed by atoms with Gasteiger partial charge in [0.2, 0.25) is 0 Å². The molecule has 1 aromatic carbocycles. The summed E-state index contributed by atoms with van der Waals surface area (Å²) in [5.74, 6) is 0.233. The van der Waals surface area contributed by atoms with Gasteiger partial charge in [0.15, 0.2) is 6.79 Å². The summed E-state index contributed by atoms with van der Waals surface area (Å²) in [7, 11) is 0. The maximum absolute atomic E-state index is 13.2. The molecule has 1 aliphatic heterocycles. The van der Waals surface area contributed by atoms with Gasteiger partial charge in [-0.05, 0) is 6.07 Å². The molecule has 0 spiro atoms. The van der Waals surface area contributed by atoms with Gasteiger partial charge in [0.05, 0.1) is 6.61 Å². The minimum absolute atomic E-state index is 0.148. The molecule has 0 bridgehead atoms. The first-order valence-corrected chi connectivity index (χ1v) is 4.04. The molecule has 0 saturated heterocycles. The van der Waals surface area contributed by atoms with E-state index in [-0.39, 0.29) is 19.2 Å². The van der Waals surface area contributed by atoms with E-state index in [0.717, 1.165) is 5.56 Å². The quantitative estimate of drug-likeness (QED) is 0.710. The van der Waals surface area contributed by atoms with E-state index in [2.05, 4.69) is 0 Å². The third-order valence-electron chi connectivity index (χ3n) is 2.03. The number of rotatable bonds is 1. The van der Waals surface area contributed by atoms with Crippen LogP contribution in [0, 0.1) is 5.82 Å². The van der Waals surface area contributed by atoms with Gasteiger partial charge in [-0.15, -0.1) is 0 Å². The normalized spacial score (nSPS) is 14.9. The molecular formula is C9H10FNO2. The minimum atomic E-state index is -0.317. The van der Waals surface area contributed by atoms with E-state index in [1.165, 1.54) is 6.07 Å². The van der Waals surface area contributed by atoms with Crippen molar-refractivity contribution < 1.29 is 13.9 Å². The van der Waals surface area contributed by atoms with Crippen LogP contribution in [0.4, 0.5) is 4.39 Å². The molecule has 0 atom stereocenters. The first-order chi connectivity index (χ1) is 6.33. The molecule has 0 unspecified atom stereocenters. The topological polar surface area (TPSA) is 44.5 Å². The van der Waals surface area contributed by atoms with Crippen LogP contribution < -0.4 is 10.5 Å². The zero-order valence-electron chi connectivity index (χ0n) is 7.05. The summed E-state index contributed by atoms with van der Waals surface area (Å²) in [5, 5.41) is 0. The highest BCUT2D eigenvalue weighted by molar-refractivity contribution is 5.42. The van der Waals surface area contributed by atoms with Gasteiger partial charge in [-0.25, -0.2) is 4.39 Å². The molecule has 0 saturated carbocycles. The minimum Gasteiger partial charge on any atom is -0.467 e. The van der Waals surface area contributed by atoms with Crippen molar-refractivity contribution in [3.63, 3.8) is 0 Å². The van der Waals surface area contributed by atoms with Crippen LogP contribution in [0.25, 0.3) is 0 Å². The first kappa shape index (κ1) is 8.47. The van der Waals surface area contributed by atoms with Crippen molar-refractivity contribution in [3.05, 3.63) is 29.1 Å². The summed E-state index contributed by atoms with van der Waals surface area (Å²) < 4.78 is 23.4. The Kier molecular flexibility index (Phi) is 2.16. The molecule has 0 radical (unpaired) electrons. The lowest BCUT2D eigenvalue weighted by molar-refractivity contribution is -0.0173. The number of nitrogens with two attached hydrogens (primary N) is 1. The Bertz CT molecular complexity index is 328. The SMILES string of the molecule is NCc1c(F)ccc2c1OCOC2. The van der Waals surface area contributed by atoms with Crippen LogP contribution in [0.2, 0.25) is 0 Å². The average molecular weight is 183 g/mol. The molecule has 1 aromatic rings. The van der Waals surface area contributed by atoms with E-state index >= 15 is 0 Å². The van der Waals surface area contributed by atoms with Crippen LogP contribution in [-0.2, 0) is 17.9 Å². The standard InChI is InChI=1S/C9H10FNO2/c10-8-2-1-6-4-12-5-13-9(6)7(8)3-11/h1-2H,3-5,11H2. The Morgan fingerprint density at radius 1 is 1.46 bits per heavy atom. The van der Waals surface area contributed by atoms with Crippen molar-refractivity contribution in [2.75, 3.05) is 6.79 Å². The summed E-state index contributed by atoms with van der Waals surface area (Å²) in [4.78, 5) is 0. The molecule has 1 heterocycles.